The highest BCUT2D eigenvalue weighted by atomic mass is 32.2. The van der Waals surface area contributed by atoms with Gasteiger partial charge in [0.2, 0.25) is 10.0 Å². The van der Waals surface area contributed by atoms with Gasteiger partial charge in [0.05, 0.1) is 4.92 Å². The standard InChI is InChI=1S/C12H17N3O4S/c1-9-7-14(8-10(2)13-9)20(18,19)12-6-4-3-5-11(12)15(16)17/h3-6,9-10,13H,7-8H2,1-2H3. The van der Waals surface area contributed by atoms with Gasteiger partial charge in [0, 0.05) is 31.2 Å². The summed E-state index contributed by atoms with van der Waals surface area (Å²) in [4.78, 5) is 10.1. The lowest BCUT2D eigenvalue weighted by molar-refractivity contribution is -0.387. The summed E-state index contributed by atoms with van der Waals surface area (Å²) in [5.41, 5.74) is -0.383. The lowest BCUT2D eigenvalue weighted by Gasteiger charge is -2.35. The molecule has 0 saturated carbocycles. The van der Waals surface area contributed by atoms with Crippen molar-refractivity contribution in [1.29, 1.82) is 0 Å². The van der Waals surface area contributed by atoms with E-state index in [1.54, 1.807) is 0 Å². The van der Waals surface area contributed by atoms with Gasteiger partial charge < -0.3 is 5.32 Å². The zero-order valence-corrected chi connectivity index (χ0v) is 12.1. The Kier molecular flexibility index (Phi) is 4.07. The number of nitrogens with zero attached hydrogens (tertiary/aromatic N) is 2. The fraction of sp³-hybridized carbons (Fsp3) is 0.500. The highest BCUT2D eigenvalue weighted by Crippen LogP contribution is 2.27. The quantitative estimate of drug-likeness (QED) is 0.663. The molecule has 1 heterocycles. The van der Waals surface area contributed by atoms with Crippen molar-refractivity contribution >= 4 is 15.7 Å². The van der Waals surface area contributed by atoms with Gasteiger partial charge in [-0.25, -0.2) is 8.42 Å². The van der Waals surface area contributed by atoms with Crippen molar-refractivity contribution in [2.45, 2.75) is 30.8 Å². The maximum Gasteiger partial charge on any atom is 0.289 e. The Bertz CT molecular complexity index is 607. The van der Waals surface area contributed by atoms with E-state index in [9.17, 15) is 18.5 Å². The molecule has 1 aromatic carbocycles. The first-order valence-corrected chi connectivity index (χ1v) is 7.76. The van der Waals surface area contributed by atoms with Crippen LogP contribution >= 0.6 is 0 Å². The van der Waals surface area contributed by atoms with Crippen LogP contribution in [0.3, 0.4) is 0 Å². The Hall–Kier alpha value is -1.51. The fourth-order valence-electron chi connectivity index (χ4n) is 2.44. The van der Waals surface area contributed by atoms with E-state index in [4.69, 9.17) is 0 Å². The Morgan fingerprint density at radius 1 is 1.25 bits per heavy atom. The van der Waals surface area contributed by atoms with Gasteiger partial charge in [0.25, 0.3) is 5.69 Å². The average Bonchev–Trinajstić information content (AvgIpc) is 2.37. The number of rotatable bonds is 3. The molecule has 1 fully saturated rings. The number of nitro benzene ring substituents is 1. The molecule has 0 aliphatic carbocycles. The molecule has 0 amide bonds. The molecule has 1 N–H and O–H groups in total. The molecule has 8 heteroatoms. The Labute approximate surface area is 117 Å². The summed E-state index contributed by atoms with van der Waals surface area (Å²) in [6.45, 7) is 4.38. The summed E-state index contributed by atoms with van der Waals surface area (Å²) in [5, 5.41) is 14.2. The van der Waals surface area contributed by atoms with E-state index in [0.717, 1.165) is 0 Å². The highest BCUT2D eigenvalue weighted by Gasteiger charge is 2.35. The molecular formula is C12H17N3O4S. The van der Waals surface area contributed by atoms with E-state index >= 15 is 0 Å². The first-order chi connectivity index (χ1) is 9.32. The molecule has 7 nitrogen and oxygen atoms in total. The van der Waals surface area contributed by atoms with Crippen molar-refractivity contribution in [3.8, 4) is 0 Å². The van der Waals surface area contributed by atoms with Crippen molar-refractivity contribution < 1.29 is 13.3 Å². The zero-order valence-electron chi connectivity index (χ0n) is 11.3. The van der Waals surface area contributed by atoms with Crippen molar-refractivity contribution in [3.05, 3.63) is 34.4 Å². The fourth-order valence-corrected chi connectivity index (χ4v) is 4.21. The maximum absolute atomic E-state index is 12.6. The van der Waals surface area contributed by atoms with Gasteiger partial charge in [-0.2, -0.15) is 4.31 Å². The van der Waals surface area contributed by atoms with Gasteiger partial charge in [-0.3, -0.25) is 10.1 Å². The number of hydrogen-bond acceptors (Lipinski definition) is 5. The minimum absolute atomic E-state index is 0.0105. The van der Waals surface area contributed by atoms with E-state index < -0.39 is 14.9 Å². The topological polar surface area (TPSA) is 92.5 Å². The predicted octanol–water partition coefficient (Wildman–Crippen LogP) is 0.966. The Morgan fingerprint density at radius 2 is 1.80 bits per heavy atom. The first-order valence-electron chi connectivity index (χ1n) is 6.32. The van der Waals surface area contributed by atoms with Crippen LogP contribution in [0.4, 0.5) is 5.69 Å². The average molecular weight is 299 g/mol. The van der Waals surface area contributed by atoms with Gasteiger partial charge in [0.15, 0.2) is 4.90 Å². The molecule has 1 aromatic rings. The third-order valence-corrected chi connectivity index (χ3v) is 5.08. The van der Waals surface area contributed by atoms with E-state index in [-0.39, 0.29) is 22.7 Å². The van der Waals surface area contributed by atoms with Gasteiger partial charge in [-0.15, -0.1) is 0 Å². The maximum atomic E-state index is 12.6. The smallest absolute Gasteiger partial charge is 0.289 e. The molecule has 0 radical (unpaired) electrons. The van der Waals surface area contributed by atoms with Crippen LogP contribution in [-0.4, -0.2) is 42.8 Å². The van der Waals surface area contributed by atoms with Crippen molar-refractivity contribution in [2.24, 2.45) is 0 Å². The summed E-state index contributed by atoms with van der Waals surface area (Å²) in [6.07, 6.45) is 0. The molecule has 20 heavy (non-hydrogen) atoms. The molecule has 1 saturated heterocycles. The number of hydrogen-bond donors (Lipinski definition) is 1. The molecule has 2 rings (SSSR count). The Balaban J connectivity index is 2.43. The SMILES string of the molecule is CC1CN(S(=O)(=O)c2ccccc2[N+](=O)[O-])CC(C)N1. The zero-order chi connectivity index (χ0) is 14.9. The van der Waals surface area contributed by atoms with Gasteiger partial charge in [-0.05, 0) is 19.9 Å². The third kappa shape index (κ3) is 2.82. The minimum atomic E-state index is -3.85. The van der Waals surface area contributed by atoms with E-state index in [1.807, 2.05) is 13.8 Å². The first kappa shape index (κ1) is 14.9. The molecular weight excluding hydrogens is 282 g/mol. The summed E-state index contributed by atoms with van der Waals surface area (Å²) in [6, 6.07) is 5.47. The van der Waals surface area contributed by atoms with Crippen LogP contribution in [0.15, 0.2) is 29.2 Å². The van der Waals surface area contributed by atoms with E-state index in [2.05, 4.69) is 5.32 Å². The van der Waals surface area contributed by atoms with Crippen LogP contribution in [0.5, 0.6) is 0 Å². The number of nitrogens with one attached hydrogen (secondary N) is 1. The second-order valence-corrected chi connectivity index (χ2v) is 6.92. The van der Waals surface area contributed by atoms with E-state index in [0.29, 0.717) is 13.1 Å². The van der Waals surface area contributed by atoms with Crippen molar-refractivity contribution in [3.63, 3.8) is 0 Å². The highest BCUT2D eigenvalue weighted by molar-refractivity contribution is 7.89. The second-order valence-electron chi connectivity index (χ2n) is 5.02. The normalized spacial score (nSPS) is 24.5. The molecule has 1 aliphatic heterocycles. The van der Waals surface area contributed by atoms with E-state index in [1.165, 1.54) is 28.6 Å². The Morgan fingerprint density at radius 3 is 2.35 bits per heavy atom. The number of para-hydroxylation sites is 1. The monoisotopic (exact) mass is 299 g/mol. The van der Waals surface area contributed by atoms with Crippen molar-refractivity contribution in [1.82, 2.24) is 9.62 Å². The van der Waals surface area contributed by atoms with Gasteiger partial charge >= 0.3 is 0 Å². The molecule has 1 aliphatic rings. The van der Waals surface area contributed by atoms with Crippen molar-refractivity contribution in [2.75, 3.05) is 13.1 Å². The van der Waals surface area contributed by atoms with Crippen LogP contribution < -0.4 is 5.32 Å². The third-order valence-electron chi connectivity index (χ3n) is 3.20. The van der Waals surface area contributed by atoms with Gasteiger partial charge in [-0.1, -0.05) is 12.1 Å². The minimum Gasteiger partial charge on any atom is -0.309 e. The molecule has 2 unspecified atom stereocenters. The van der Waals surface area contributed by atoms with Crippen LogP contribution in [0.2, 0.25) is 0 Å². The summed E-state index contributed by atoms with van der Waals surface area (Å²) < 4.78 is 26.5. The lowest BCUT2D eigenvalue weighted by atomic mass is 10.2. The van der Waals surface area contributed by atoms with Gasteiger partial charge in [0.1, 0.15) is 0 Å². The summed E-state index contributed by atoms with van der Waals surface area (Å²) >= 11 is 0. The van der Waals surface area contributed by atoms with Crippen LogP contribution in [0, 0.1) is 10.1 Å². The number of nitro groups is 1. The summed E-state index contributed by atoms with van der Waals surface area (Å²) in [7, 11) is -3.85. The number of piperazine rings is 1. The van der Waals surface area contributed by atoms with Crippen LogP contribution in [-0.2, 0) is 10.0 Å². The number of benzene rings is 1. The van der Waals surface area contributed by atoms with Crippen LogP contribution in [0.1, 0.15) is 13.8 Å². The van der Waals surface area contributed by atoms with Crippen LogP contribution in [0.25, 0.3) is 0 Å². The number of sulfonamides is 1. The molecule has 0 aromatic heterocycles. The second kappa shape index (κ2) is 5.47. The molecule has 0 spiro atoms. The summed E-state index contributed by atoms with van der Waals surface area (Å²) in [5.74, 6) is 0. The molecule has 0 bridgehead atoms. The largest absolute Gasteiger partial charge is 0.309 e. The predicted molar refractivity (Wildman–Crippen MR) is 73.9 cm³/mol. The lowest BCUT2D eigenvalue weighted by Crippen LogP contribution is -2.55. The molecule has 2 atom stereocenters. The molecule has 110 valence electrons.